The fourth-order valence-electron chi connectivity index (χ4n) is 1.22. The summed E-state index contributed by atoms with van der Waals surface area (Å²) in [5.74, 6) is 0. The molecule has 1 rings (SSSR count). The van der Waals surface area contributed by atoms with Crippen molar-refractivity contribution in [2.75, 3.05) is 13.2 Å². The summed E-state index contributed by atoms with van der Waals surface area (Å²) in [7, 11) is 0. The molecule has 1 aliphatic rings. The fraction of sp³-hybridized carbons (Fsp3) is 0.778. The molecule has 5 nitrogen and oxygen atoms in total. The number of rotatable bonds is 3. The summed E-state index contributed by atoms with van der Waals surface area (Å²) in [4.78, 5) is 22.0. The Morgan fingerprint density at radius 1 is 1.47 bits per heavy atom. The van der Waals surface area contributed by atoms with E-state index in [2.05, 4.69) is 17.9 Å². The molecule has 0 radical (unpaired) electrons. The second-order valence-corrected chi connectivity index (χ2v) is 3.86. The molecule has 0 bridgehead atoms. The van der Waals surface area contributed by atoms with Crippen molar-refractivity contribution in [2.45, 2.75) is 31.9 Å². The third-order valence-electron chi connectivity index (χ3n) is 2.15. The number of hydrogen-bond acceptors (Lipinski definition) is 4. The summed E-state index contributed by atoms with van der Waals surface area (Å²) in [5, 5.41) is 2.01. The number of nitrogens with one attached hydrogen (secondary N) is 1. The topological polar surface area (TPSA) is 64.6 Å². The molecule has 1 heterocycles. The first-order valence-electron chi connectivity index (χ1n) is 4.87. The second kappa shape index (κ2) is 5.97. The molecule has 0 aliphatic carbocycles. The lowest BCUT2D eigenvalue weighted by Gasteiger charge is -2.22. The van der Waals surface area contributed by atoms with Gasteiger partial charge in [0.25, 0.3) is 0 Å². The third-order valence-corrected chi connectivity index (χ3v) is 2.53. The average molecular weight is 233 g/mol. The molecule has 6 heteroatoms. The van der Waals surface area contributed by atoms with Crippen LogP contribution in [-0.4, -0.2) is 36.6 Å². The lowest BCUT2D eigenvalue weighted by Crippen LogP contribution is -2.39. The monoisotopic (exact) mass is 233 g/mol. The van der Waals surface area contributed by atoms with E-state index in [0.717, 1.165) is 0 Å². The van der Waals surface area contributed by atoms with Gasteiger partial charge < -0.3 is 14.8 Å². The predicted octanol–water partition coefficient (Wildman–Crippen LogP) is 0.736. The molecule has 0 aromatic carbocycles. The zero-order valence-corrected chi connectivity index (χ0v) is 9.46. The van der Waals surface area contributed by atoms with Gasteiger partial charge in [0.1, 0.15) is 6.10 Å². The van der Waals surface area contributed by atoms with Gasteiger partial charge >= 0.3 is 6.09 Å². The highest BCUT2D eigenvalue weighted by Crippen LogP contribution is 2.10. The van der Waals surface area contributed by atoms with E-state index in [1.54, 1.807) is 6.92 Å². The summed E-state index contributed by atoms with van der Waals surface area (Å²) in [6.07, 6.45) is 0.727. The first-order chi connectivity index (χ1) is 7.09. The quantitative estimate of drug-likeness (QED) is 0.706. The Balaban J connectivity index is 2.25. The van der Waals surface area contributed by atoms with Crippen LogP contribution < -0.4 is 5.32 Å². The van der Waals surface area contributed by atoms with Crippen molar-refractivity contribution in [1.82, 2.24) is 5.32 Å². The Labute approximate surface area is 93.9 Å². The van der Waals surface area contributed by atoms with Crippen LogP contribution in [0.25, 0.3) is 0 Å². The maximum Gasteiger partial charge on any atom is 0.408 e. The van der Waals surface area contributed by atoms with Crippen molar-refractivity contribution in [3.8, 4) is 0 Å². The zero-order valence-electron chi connectivity index (χ0n) is 8.56. The molecular formula is C9H15NO4S. The van der Waals surface area contributed by atoms with Crippen LogP contribution in [0, 0.1) is 0 Å². The van der Waals surface area contributed by atoms with Gasteiger partial charge in [-0.15, -0.1) is 12.6 Å². The molecule has 1 amide bonds. The zero-order chi connectivity index (χ0) is 11.3. The Morgan fingerprint density at radius 2 is 2.07 bits per heavy atom. The van der Waals surface area contributed by atoms with E-state index in [4.69, 9.17) is 9.47 Å². The summed E-state index contributed by atoms with van der Waals surface area (Å²) in [6.45, 7) is 2.78. The average Bonchev–Trinajstić information content (AvgIpc) is 2.18. The van der Waals surface area contributed by atoms with Crippen molar-refractivity contribution >= 4 is 23.8 Å². The minimum atomic E-state index is -0.624. The number of hydrogen-bond donors (Lipinski definition) is 2. The molecule has 0 aromatic rings. The van der Waals surface area contributed by atoms with Gasteiger partial charge in [-0.2, -0.15) is 0 Å². The molecule has 15 heavy (non-hydrogen) atoms. The van der Waals surface area contributed by atoms with Crippen LogP contribution in [0.15, 0.2) is 0 Å². The van der Waals surface area contributed by atoms with E-state index in [1.807, 2.05) is 0 Å². The van der Waals surface area contributed by atoms with Crippen molar-refractivity contribution in [3.63, 3.8) is 0 Å². The Morgan fingerprint density at radius 3 is 2.60 bits per heavy atom. The van der Waals surface area contributed by atoms with Gasteiger partial charge in [0.05, 0.1) is 19.3 Å². The summed E-state index contributed by atoms with van der Waals surface area (Å²) in [5.41, 5.74) is 0. The molecule has 0 saturated carbocycles. The smallest absolute Gasteiger partial charge is 0.408 e. The molecule has 1 aliphatic heterocycles. The number of carbonyl (C=O) groups excluding carboxylic acids is 2. The van der Waals surface area contributed by atoms with E-state index >= 15 is 0 Å². The first-order valence-corrected chi connectivity index (χ1v) is 5.32. The van der Waals surface area contributed by atoms with E-state index in [-0.39, 0.29) is 11.2 Å². The standard InChI is InChI=1S/C9H15NO4S/c1-6(8(11)15)10-9(12)14-7-2-4-13-5-3-7/h6-7H,2-5H2,1H3,(H,10,12)(H,11,15)/t6-/m0/s1. The van der Waals surface area contributed by atoms with Crippen LogP contribution in [0.1, 0.15) is 19.8 Å². The highest BCUT2D eigenvalue weighted by Gasteiger charge is 2.20. The number of alkyl carbamates (subject to hydrolysis) is 1. The minimum Gasteiger partial charge on any atom is -0.446 e. The highest BCUT2D eigenvalue weighted by atomic mass is 32.1. The highest BCUT2D eigenvalue weighted by molar-refractivity contribution is 7.96. The van der Waals surface area contributed by atoms with Crippen LogP contribution in [-0.2, 0) is 14.3 Å². The van der Waals surface area contributed by atoms with Gasteiger partial charge in [0.15, 0.2) is 0 Å². The summed E-state index contributed by atoms with van der Waals surface area (Å²) in [6, 6.07) is -0.624. The molecule has 1 fully saturated rings. The Hall–Kier alpha value is -0.750. The minimum absolute atomic E-state index is 0.110. The van der Waals surface area contributed by atoms with Crippen LogP contribution in [0.2, 0.25) is 0 Å². The van der Waals surface area contributed by atoms with Gasteiger partial charge in [-0.25, -0.2) is 4.79 Å². The van der Waals surface area contributed by atoms with Gasteiger partial charge in [-0.1, -0.05) is 0 Å². The third kappa shape index (κ3) is 4.53. The molecule has 0 aromatic heterocycles. The second-order valence-electron chi connectivity index (χ2n) is 3.42. The van der Waals surface area contributed by atoms with E-state index in [1.165, 1.54) is 0 Å². The SMILES string of the molecule is C[C@H](NC(=O)OC1CCOCC1)C(=O)S. The number of thiol groups is 1. The van der Waals surface area contributed by atoms with Gasteiger partial charge in [-0.05, 0) is 6.92 Å². The van der Waals surface area contributed by atoms with Gasteiger partial charge in [0.2, 0.25) is 5.12 Å². The molecule has 0 unspecified atom stereocenters. The fourth-order valence-corrected chi connectivity index (χ4v) is 1.28. The molecular weight excluding hydrogens is 218 g/mol. The van der Waals surface area contributed by atoms with E-state index in [9.17, 15) is 9.59 Å². The van der Waals surface area contributed by atoms with Crippen LogP contribution in [0.4, 0.5) is 4.79 Å². The van der Waals surface area contributed by atoms with Gasteiger partial charge in [-0.3, -0.25) is 4.79 Å². The lowest BCUT2D eigenvalue weighted by atomic mass is 10.2. The molecule has 1 N–H and O–H groups in total. The van der Waals surface area contributed by atoms with Crippen molar-refractivity contribution in [3.05, 3.63) is 0 Å². The summed E-state index contributed by atoms with van der Waals surface area (Å²) < 4.78 is 10.2. The Kier molecular flexibility index (Phi) is 4.90. The largest absolute Gasteiger partial charge is 0.446 e. The molecule has 1 atom stereocenters. The van der Waals surface area contributed by atoms with Gasteiger partial charge in [0, 0.05) is 12.8 Å². The normalized spacial score (nSPS) is 19.3. The van der Waals surface area contributed by atoms with Crippen molar-refractivity contribution < 1.29 is 19.1 Å². The lowest BCUT2D eigenvalue weighted by molar-refractivity contribution is -0.112. The molecule has 0 spiro atoms. The van der Waals surface area contributed by atoms with E-state index < -0.39 is 12.1 Å². The van der Waals surface area contributed by atoms with Crippen LogP contribution in [0.3, 0.4) is 0 Å². The maximum absolute atomic E-state index is 11.3. The molecule has 1 saturated heterocycles. The van der Waals surface area contributed by atoms with E-state index in [0.29, 0.717) is 26.1 Å². The van der Waals surface area contributed by atoms with Crippen molar-refractivity contribution in [2.24, 2.45) is 0 Å². The Bertz CT molecular complexity index is 240. The number of ether oxygens (including phenoxy) is 2. The number of carbonyl (C=O) groups is 2. The first kappa shape index (κ1) is 12.3. The van der Waals surface area contributed by atoms with Crippen LogP contribution >= 0.6 is 12.6 Å². The predicted molar refractivity (Wildman–Crippen MR) is 56.9 cm³/mol. The summed E-state index contributed by atoms with van der Waals surface area (Å²) >= 11 is 3.60. The maximum atomic E-state index is 11.3. The molecule has 86 valence electrons. The number of amides is 1. The van der Waals surface area contributed by atoms with Crippen molar-refractivity contribution in [1.29, 1.82) is 0 Å². The van der Waals surface area contributed by atoms with Crippen LogP contribution in [0.5, 0.6) is 0 Å².